The van der Waals surface area contributed by atoms with Crippen LogP contribution in [-0.2, 0) is 0 Å². The second-order valence-corrected chi connectivity index (χ2v) is 6.37. The van der Waals surface area contributed by atoms with Gasteiger partial charge in [-0.3, -0.25) is 0 Å². The van der Waals surface area contributed by atoms with Crippen molar-refractivity contribution in [1.29, 1.82) is 5.26 Å². The molecule has 4 heteroatoms. The van der Waals surface area contributed by atoms with Crippen molar-refractivity contribution in [2.45, 2.75) is 19.8 Å². The number of allylic oxidation sites excluding steroid dienone is 8. The van der Waals surface area contributed by atoms with Crippen molar-refractivity contribution in [3.63, 3.8) is 0 Å². The van der Waals surface area contributed by atoms with Crippen LogP contribution in [0.2, 0.25) is 0 Å². The normalized spacial score (nSPS) is 20.2. The number of benzene rings is 1. The minimum Gasteiger partial charge on any atom is -0.478 e. The van der Waals surface area contributed by atoms with Crippen molar-refractivity contribution < 1.29 is 9.90 Å². The van der Waals surface area contributed by atoms with Gasteiger partial charge in [-0.2, -0.15) is 5.26 Å². The van der Waals surface area contributed by atoms with Crippen LogP contribution in [0.5, 0.6) is 0 Å². The van der Waals surface area contributed by atoms with Gasteiger partial charge in [-0.25, -0.2) is 4.79 Å². The van der Waals surface area contributed by atoms with Crippen LogP contribution in [0.15, 0.2) is 64.2 Å². The summed E-state index contributed by atoms with van der Waals surface area (Å²) in [6.07, 6.45) is 7.68. The van der Waals surface area contributed by atoms with Crippen LogP contribution in [0.25, 0.3) is 5.57 Å². The lowest BCUT2D eigenvalue weighted by atomic mass is 9.86. The summed E-state index contributed by atoms with van der Waals surface area (Å²) in [5.41, 5.74) is 4.68. The third-order valence-electron chi connectivity index (χ3n) is 4.49. The maximum atomic E-state index is 11.0. The number of hydrogen-bond donors (Lipinski definition) is 1. The standard InChI is InChI=1S/C20H16ClNO2/c1-12-2-3-14-6-9-16(10-17(11-22)18(14)19(12)21)13-4-7-15(8-5-13)20(23)24/h2-5,7-8,10,14H,6,9H2,1H3,(H,23,24). The highest BCUT2D eigenvalue weighted by atomic mass is 35.5. The van der Waals surface area contributed by atoms with E-state index in [-0.39, 0.29) is 11.5 Å². The zero-order chi connectivity index (χ0) is 17.3. The highest BCUT2D eigenvalue weighted by Gasteiger charge is 2.25. The molecule has 0 aliphatic heterocycles. The van der Waals surface area contributed by atoms with E-state index in [9.17, 15) is 10.1 Å². The molecule has 0 fully saturated rings. The van der Waals surface area contributed by atoms with Crippen LogP contribution >= 0.6 is 11.6 Å². The Kier molecular flexibility index (Phi) is 4.42. The summed E-state index contributed by atoms with van der Waals surface area (Å²) in [6, 6.07) is 9.05. The van der Waals surface area contributed by atoms with Crippen LogP contribution in [0.1, 0.15) is 35.7 Å². The van der Waals surface area contributed by atoms with Crippen LogP contribution in [-0.4, -0.2) is 11.1 Å². The predicted octanol–water partition coefficient (Wildman–Crippen LogP) is 5.08. The Hall–Kier alpha value is -2.57. The van der Waals surface area contributed by atoms with E-state index >= 15 is 0 Å². The molecule has 1 unspecified atom stereocenters. The van der Waals surface area contributed by atoms with Gasteiger partial charge in [0.05, 0.1) is 17.2 Å². The topological polar surface area (TPSA) is 61.1 Å². The van der Waals surface area contributed by atoms with Gasteiger partial charge in [0.15, 0.2) is 0 Å². The average molecular weight is 338 g/mol. The first-order valence-electron chi connectivity index (χ1n) is 7.74. The monoisotopic (exact) mass is 337 g/mol. The number of aromatic carboxylic acids is 1. The second-order valence-electron chi connectivity index (χ2n) is 5.99. The Morgan fingerprint density at radius 3 is 2.67 bits per heavy atom. The fourth-order valence-electron chi connectivity index (χ4n) is 3.15. The Bertz CT molecular complexity index is 864. The lowest BCUT2D eigenvalue weighted by Gasteiger charge is -2.21. The van der Waals surface area contributed by atoms with Crippen molar-refractivity contribution in [2.24, 2.45) is 5.92 Å². The molecule has 0 spiro atoms. The molecule has 3 rings (SSSR count). The lowest BCUT2D eigenvalue weighted by molar-refractivity contribution is 0.0697. The van der Waals surface area contributed by atoms with Crippen molar-refractivity contribution >= 4 is 23.1 Å². The first kappa shape index (κ1) is 16.3. The third kappa shape index (κ3) is 2.93. The molecule has 1 N–H and O–H groups in total. The SMILES string of the molecule is CC1=C(Cl)C2=C(C#N)C=C(c3ccc(C(=O)O)cc3)CCC2C=C1. The Labute approximate surface area is 145 Å². The fourth-order valence-corrected chi connectivity index (χ4v) is 3.45. The summed E-state index contributed by atoms with van der Waals surface area (Å²) >= 11 is 6.46. The molecule has 24 heavy (non-hydrogen) atoms. The molecule has 1 aromatic rings. The molecule has 3 nitrogen and oxygen atoms in total. The highest BCUT2D eigenvalue weighted by Crippen LogP contribution is 2.41. The maximum absolute atomic E-state index is 11.0. The Morgan fingerprint density at radius 1 is 1.33 bits per heavy atom. The van der Waals surface area contributed by atoms with E-state index < -0.39 is 5.97 Å². The summed E-state index contributed by atoms with van der Waals surface area (Å²) in [6.45, 7) is 1.94. The first-order valence-corrected chi connectivity index (χ1v) is 8.12. The average Bonchev–Trinajstić information content (AvgIpc) is 2.78. The zero-order valence-corrected chi connectivity index (χ0v) is 14.0. The number of fused-ring (bicyclic) bond motifs is 1. The molecule has 0 heterocycles. The Morgan fingerprint density at radius 2 is 2.04 bits per heavy atom. The predicted molar refractivity (Wildman–Crippen MR) is 94.4 cm³/mol. The summed E-state index contributed by atoms with van der Waals surface area (Å²) in [5, 5.41) is 19.3. The molecular formula is C20H16ClNO2. The lowest BCUT2D eigenvalue weighted by Crippen LogP contribution is -2.07. The molecule has 0 bridgehead atoms. The van der Waals surface area contributed by atoms with E-state index in [1.54, 1.807) is 24.3 Å². The van der Waals surface area contributed by atoms with Crippen LogP contribution in [0.4, 0.5) is 0 Å². The largest absolute Gasteiger partial charge is 0.478 e. The molecule has 1 atom stereocenters. The molecule has 0 saturated heterocycles. The molecule has 0 radical (unpaired) electrons. The number of carbonyl (C=O) groups is 1. The zero-order valence-electron chi connectivity index (χ0n) is 13.2. The quantitative estimate of drug-likeness (QED) is 0.818. The summed E-state index contributed by atoms with van der Waals surface area (Å²) in [7, 11) is 0. The van der Waals surface area contributed by atoms with Gasteiger partial charge < -0.3 is 5.11 Å². The van der Waals surface area contributed by atoms with Gasteiger partial charge in [0, 0.05) is 11.0 Å². The third-order valence-corrected chi connectivity index (χ3v) is 4.99. The van der Waals surface area contributed by atoms with Crippen LogP contribution in [0.3, 0.4) is 0 Å². The van der Waals surface area contributed by atoms with Crippen molar-refractivity contribution in [2.75, 3.05) is 0 Å². The molecule has 0 aromatic heterocycles. The molecule has 0 amide bonds. The molecule has 120 valence electrons. The van der Waals surface area contributed by atoms with Gasteiger partial charge in [-0.05, 0) is 60.3 Å². The fraction of sp³-hybridized carbons (Fsp3) is 0.200. The highest BCUT2D eigenvalue weighted by molar-refractivity contribution is 6.33. The smallest absolute Gasteiger partial charge is 0.335 e. The number of nitrogens with zero attached hydrogens (tertiary/aromatic N) is 1. The van der Waals surface area contributed by atoms with Crippen molar-refractivity contribution in [3.8, 4) is 6.07 Å². The maximum Gasteiger partial charge on any atom is 0.335 e. The number of hydrogen-bond acceptors (Lipinski definition) is 2. The van der Waals surface area contributed by atoms with E-state index in [1.165, 1.54) is 0 Å². The second kappa shape index (κ2) is 6.51. The van der Waals surface area contributed by atoms with Crippen molar-refractivity contribution in [3.05, 3.63) is 75.4 Å². The minimum absolute atomic E-state index is 0.142. The van der Waals surface area contributed by atoms with E-state index in [0.29, 0.717) is 10.6 Å². The van der Waals surface area contributed by atoms with Crippen LogP contribution in [0, 0.1) is 17.2 Å². The summed E-state index contributed by atoms with van der Waals surface area (Å²) in [4.78, 5) is 11.0. The number of carboxylic acids is 1. The molecule has 1 aromatic carbocycles. The number of nitriles is 1. The van der Waals surface area contributed by atoms with E-state index in [4.69, 9.17) is 16.7 Å². The molecule has 0 saturated carbocycles. The first-order chi connectivity index (χ1) is 11.5. The van der Waals surface area contributed by atoms with E-state index in [0.717, 1.165) is 35.1 Å². The molecule has 2 aliphatic carbocycles. The van der Waals surface area contributed by atoms with Crippen molar-refractivity contribution in [1.82, 2.24) is 0 Å². The van der Waals surface area contributed by atoms with E-state index in [1.807, 2.05) is 19.1 Å². The van der Waals surface area contributed by atoms with Gasteiger partial charge in [0.1, 0.15) is 0 Å². The van der Waals surface area contributed by atoms with Gasteiger partial charge in [-0.1, -0.05) is 35.9 Å². The van der Waals surface area contributed by atoms with Gasteiger partial charge in [0.2, 0.25) is 0 Å². The minimum atomic E-state index is -0.945. The summed E-state index contributed by atoms with van der Waals surface area (Å²) < 4.78 is 0. The Balaban J connectivity index is 2.05. The molecule has 2 aliphatic rings. The number of carboxylic acid groups (broad SMARTS) is 1. The summed E-state index contributed by atoms with van der Waals surface area (Å²) in [5.74, 6) is -0.803. The van der Waals surface area contributed by atoms with E-state index in [2.05, 4.69) is 12.1 Å². The molecular weight excluding hydrogens is 322 g/mol. The number of halogens is 1. The van der Waals surface area contributed by atoms with Gasteiger partial charge in [-0.15, -0.1) is 0 Å². The van der Waals surface area contributed by atoms with Crippen LogP contribution < -0.4 is 0 Å². The van der Waals surface area contributed by atoms with Gasteiger partial charge >= 0.3 is 5.97 Å². The van der Waals surface area contributed by atoms with Gasteiger partial charge in [0.25, 0.3) is 0 Å². The number of rotatable bonds is 2.